The van der Waals surface area contributed by atoms with E-state index in [1.165, 1.54) is 19.7 Å². The van der Waals surface area contributed by atoms with Crippen LogP contribution >= 0.6 is 11.6 Å². The summed E-state index contributed by atoms with van der Waals surface area (Å²) in [5.41, 5.74) is 3.10. The third-order valence-corrected chi connectivity index (χ3v) is 7.33. The number of halogens is 1. The Kier molecular flexibility index (Phi) is 8.36. The lowest BCUT2D eigenvalue weighted by Crippen LogP contribution is -2.32. The van der Waals surface area contributed by atoms with Crippen molar-refractivity contribution in [1.29, 1.82) is 0 Å². The smallest absolute Gasteiger partial charge is 0.325 e. The molecule has 2 N–H and O–H groups in total. The second-order valence-electron chi connectivity index (χ2n) is 9.71. The van der Waals surface area contributed by atoms with Crippen LogP contribution < -0.4 is 15.6 Å². The molecule has 1 atom stereocenters. The summed E-state index contributed by atoms with van der Waals surface area (Å²) in [5.74, 6) is -0.271. The number of ether oxygens (including phenoxy) is 1. The third-order valence-electron chi connectivity index (χ3n) is 7.07. The van der Waals surface area contributed by atoms with Crippen LogP contribution in [0, 0.1) is 0 Å². The van der Waals surface area contributed by atoms with Gasteiger partial charge in [0.15, 0.2) is 5.82 Å². The number of hydrogen-bond donors (Lipinski definition) is 2. The molecule has 2 aromatic carbocycles. The first-order chi connectivity index (χ1) is 19.0. The van der Waals surface area contributed by atoms with Gasteiger partial charge in [-0.25, -0.2) is 9.99 Å². The van der Waals surface area contributed by atoms with Gasteiger partial charge in [-0.3, -0.25) is 9.59 Å². The molecule has 1 aliphatic heterocycles. The fourth-order valence-electron chi connectivity index (χ4n) is 5.01. The second-order valence-corrected chi connectivity index (χ2v) is 10.1. The van der Waals surface area contributed by atoms with Crippen molar-refractivity contribution in [3.05, 3.63) is 82.5 Å². The van der Waals surface area contributed by atoms with Crippen LogP contribution in [0.2, 0.25) is 5.02 Å². The van der Waals surface area contributed by atoms with E-state index in [1.807, 2.05) is 42.5 Å². The number of nitrogens with zero attached hydrogens (tertiary/aromatic N) is 4. The lowest BCUT2D eigenvalue weighted by molar-refractivity contribution is -0.139. The van der Waals surface area contributed by atoms with Crippen LogP contribution in [0.5, 0.6) is 0 Å². The summed E-state index contributed by atoms with van der Waals surface area (Å²) in [6.07, 6.45) is 7.17. The van der Waals surface area contributed by atoms with Gasteiger partial charge in [-0.05, 0) is 36.1 Å². The number of nitrogens with one attached hydrogen (secondary N) is 2. The Morgan fingerprint density at radius 3 is 2.51 bits per heavy atom. The van der Waals surface area contributed by atoms with Crippen molar-refractivity contribution in [2.24, 2.45) is 5.10 Å². The minimum Gasteiger partial charge on any atom is -0.468 e. The van der Waals surface area contributed by atoms with E-state index >= 15 is 0 Å². The van der Waals surface area contributed by atoms with Gasteiger partial charge in [-0.2, -0.15) is 10.1 Å². The molecule has 10 heteroatoms. The average molecular weight is 547 g/mol. The zero-order valence-electron chi connectivity index (χ0n) is 21.8. The lowest BCUT2D eigenvalue weighted by Gasteiger charge is -2.24. The summed E-state index contributed by atoms with van der Waals surface area (Å²) in [6, 6.07) is 18.0. The Hall–Kier alpha value is -3.98. The van der Waals surface area contributed by atoms with Crippen molar-refractivity contribution in [3.8, 4) is 0 Å². The molecular weight excluding hydrogens is 516 g/mol. The van der Waals surface area contributed by atoms with E-state index in [4.69, 9.17) is 21.7 Å². The van der Waals surface area contributed by atoms with Crippen molar-refractivity contribution in [1.82, 2.24) is 15.3 Å². The van der Waals surface area contributed by atoms with E-state index in [-0.39, 0.29) is 24.1 Å². The Labute approximate surface area is 232 Å². The largest absolute Gasteiger partial charge is 0.468 e. The summed E-state index contributed by atoms with van der Waals surface area (Å²) >= 11 is 6.16. The normalized spacial score (nSPS) is 17.4. The number of benzene rings is 2. The Morgan fingerprint density at radius 1 is 1.05 bits per heavy atom. The number of amides is 1. The van der Waals surface area contributed by atoms with E-state index < -0.39 is 11.9 Å². The molecule has 39 heavy (non-hydrogen) atoms. The van der Waals surface area contributed by atoms with Crippen LogP contribution in [-0.4, -0.2) is 53.8 Å². The zero-order chi connectivity index (χ0) is 27.2. The second kappa shape index (κ2) is 12.3. The summed E-state index contributed by atoms with van der Waals surface area (Å²) in [6.45, 7) is 0.210. The van der Waals surface area contributed by atoms with Crippen LogP contribution in [0.3, 0.4) is 0 Å². The van der Waals surface area contributed by atoms with Crippen LogP contribution in [0.25, 0.3) is 0 Å². The molecule has 1 unspecified atom stereocenters. The standard InChI is InChI=1S/C29H31ClN6O3/c1-39-25(37)17-31-28(38)23-16-32-29(33-22-10-6-3-7-11-22)34-27(23)36-18-24(19-8-4-2-5-9-19)26(35-36)20-12-14-21(30)15-13-20/h2,4-5,8-9,12-16,22,24H,3,6-7,10-11,17-18H2,1H3,(H,31,38)(H,32,33,34). The van der Waals surface area contributed by atoms with Crippen LogP contribution in [0.1, 0.15) is 59.5 Å². The summed E-state index contributed by atoms with van der Waals surface area (Å²) in [7, 11) is 1.27. The van der Waals surface area contributed by atoms with Crippen LogP contribution in [-0.2, 0) is 9.53 Å². The van der Waals surface area contributed by atoms with Gasteiger partial charge in [0.1, 0.15) is 12.1 Å². The van der Waals surface area contributed by atoms with Crippen LogP contribution in [0.15, 0.2) is 65.9 Å². The number of rotatable bonds is 8. The maximum absolute atomic E-state index is 13.2. The van der Waals surface area contributed by atoms with Gasteiger partial charge >= 0.3 is 5.97 Å². The van der Waals surface area contributed by atoms with Gasteiger partial charge in [0.25, 0.3) is 5.91 Å². The molecule has 1 aromatic heterocycles. The molecule has 0 spiro atoms. The molecule has 9 nitrogen and oxygen atoms in total. The average Bonchev–Trinajstić information content (AvgIpc) is 3.42. The Balaban J connectivity index is 1.52. The molecule has 1 amide bonds. The van der Waals surface area contributed by atoms with Crippen molar-refractivity contribution in [2.45, 2.75) is 44.1 Å². The first-order valence-electron chi connectivity index (χ1n) is 13.2. The fourth-order valence-corrected chi connectivity index (χ4v) is 5.14. The SMILES string of the molecule is COC(=O)CNC(=O)c1cnc(NC2CCCCC2)nc1N1CC(c2ccccc2)C(c2ccc(Cl)cc2)=N1. The fraction of sp³-hybridized carbons (Fsp3) is 0.345. The molecule has 0 bridgehead atoms. The first-order valence-corrected chi connectivity index (χ1v) is 13.5. The minimum absolute atomic E-state index is 0.0666. The highest BCUT2D eigenvalue weighted by Crippen LogP contribution is 2.33. The summed E-state index contributed by atoms with van der Waals surface area (Å²) in [5, 5.41) is 13.4. The van der Waals surface area contributed by atoms with Gasteiger partial charge < -0.3 is 15.4 Å². The van der Waals surface area contributed by atoms with Gasteiger partial charge in [-0.15, -0.1) is 0 Å². The van der Waals surface area contributed by atoms with Crippen LogP contribution in [0.4, 0.5) is 11.8 Å². The number of methoxy groups -OCH3 is 1. The maximum atomic E-state index is 13.2. The molecule has 5 rings (SSSR count). The third kappa shape index (κ3) is 6.37. The number of anilines is 2. The van der Waals surface area contributed by atoms with Gasteiger partial charge in [0, 0.05) is 23.2 Å². The van der Waals surface area contributed by atoms with Gasteiger partial charge in [-0.1, -0.05) is 73.3 Å². The maximum Gasteiger partial charge on any atom is 0.325 e. The van der Waals surface area contributed by atoms with E-state index in [2.05, 4.69) is 32.5 Å². The molecule has 3 aromatic rings. The molecule has 0 saturated heterocycles. The number of esters is 1. The summed E-state index contributed by atoms with van der Waals surface area (Å²) < 4.78 is 4.67. The molecule has 2 heterocycles. The van der Waals surface area contributed by atoms with Crippen molar-refractivity contribution in [3.63, 3.8) is 0 Å². The molecule has 1 fully saturated rings. The lowest BCUT2D eigenvalue weighted by atomic mass is 9.90. The zero-order valence-corrected chi connectivity index (χ0v) is 22.5. The predicted molar refractivity (Wildman–Crippen MR) is 151 cm³/mol. The number of hydrogen-bond acceptors (Lipinski definition) is 8. The molecule has 2 aliphatic rings. The summed E-state index contributed by atoms with van der Waals surface area (Å²) in [4.78, 5) is 34.1. The van der Waals surface area contributed by atoms with E-state index in [0.29, 0.717) is 23.3 Å². The van der Waals surface area contributed by atoms with E-state index in [0.717, 1.165) is 42.5 Å². The van der Waals surface area contributed by atoms with Crippen molar-refractivity contribution >= 4 is 41.0 Å². The molecule has 1 aliphatic carbocycles. The van der Waals surface area contributed by atoms with Gasteiger partial charge in [0.2, 0.25) is 5.95 Å². The number of carbonyl (C=O) groups excluding carboxylic acids is 2. The highest BCUT2D eigenvalue weighted by atomic mass is 35.5. The number of aromatic nitrogens is 2. The van der Waals surface area contributed by atoms with Crippen molar-refractivity contribution < 1.29 is 14.3 Å². The highest BCUT2D eigenvalue weighted by molar-refractivity contribution is 6.30. The monoisotopic (exact) mass is 546 g/mol. The highest BCUT2D eigenvalue weighted by Gasteiger charge is 2.33. The molecule has 202 valence electrons. The number of hydrazone groups is 1. The first kappa shape index (κ1) is 26.6. The quantitative estimate of drug-likeness (QED) is 0.391. The number of carbonyl (C=O) groups is 2. The van der Waals surface area contributed by atoms with E-state index in [1.54, 1.807) is 5.01 Å². The minimum atomic E-state index is -0.547. The predicted octanol–water partition coefficient (Wildman–Crippen LogP) is 4.79. The Bertz CT molecular complexity index is 1340. The molecular formula is C29H31ClN6O3. The van der Waals surface area contributed by atoms with Crippen molar-refractivity contribution in [2.75, 3.05) is 30.5 Å². The van der Waals surface area contributed by atoms with E-state index in [9.17, 15) is 9.59 Å². The Morgan fingerprint density at radius 2 is 1.79 bits per heavy atom. The van der Waals surface area contributed by atoms with Gasteiger partial charge in [0.05, 0.1) is 19.4 Å². The molecule has 0 radical (unpaired) electrons. The topological polar surface area (TPSA) is 109 Å². The molecule has 1 saturated carbocycles.